The molecule has 4 nitrogen and oxygen atoms in total. The van der Waals surface area contributed by atoms with Gasteiger partial charge in [0.05, 0.1) is 13.0 Å². The van der Waals surface area contributed by atoms with Crippen molar-refractivity contribution >= 4 is 5.91 Å². The minimum Gasteiger partial charge on any atom is -0.396 e. The average Bonchev–Trinajstić information content (AvgIpc) is 2.22. The summed E-state index contributed by atoms with van der Waals surface area (Å²) in [5.41, 5.74) is 0. The molecule has 0 radical (unpaired) electrons. The van der Waals surface area contributed by atoms with Crippen LogP contribution in [0.15, 0.2) is 0 Å². The molecule has 0 aliphatic heterocycles. The molecule has 0 aromatic carbocycles. The summed E-state index contributed by atoms with van der Waals surface area (Å²) in [5.74, 6) is 2.58. The lowest BCUT2D eigenvalue weighted by molar-refractivity contribution is -0.122. The van der Waals surface area contributed by atoms with Crippen LogP contribution < -0.4 is 5.32 Å². The van der Waals surface area contributed by atoms with Crippen LogP contribution in [0.25, 0.3) is 0 Å². The van der Waals surface area contributed by atoms with E-state index in [0.717, 1.165) is 0 Å². The molecule has 86 valence electrons. The molecule has 1 atom stereocenters. The average molecular weight is 213 g/mol. The second kappa shape index (κ2) is 9.50. The van der Waals surface area contributed by atoms with Gasteiger partial charge in [-0.25, -0.2) is 0 Å². The van der Waals surface area contributed by atoms with Crippen molar-refractivity contribution in [3.63, 3.8) is 0 Å². The van der Waals surface area contributed by atoms with Gasteiger partial charge >= 0.3 is 0 Å². The van der Waals surface area contributed by atoms with Gasteiger partial charge in [-0.3, -0.25) is 4.79 Å². The van der Waals surface area contributed by atoms with Gasteiger partial charge < -0.3 is 15.2 Å². The molecule has 0 spiro atoms. The van der Waals surface area contributed by atoms with Gasteiger partial charge in [0.15, 0.2) is 0 Å². The third-order valence-corrected chi connectivity index (χ3v) is 1.93. The van der Waals surface area contributed by atoms with E-state index in [9.17, 15) is 4.79 Å². The van der Waals surface area contributed by atoms with E-state index in [4.69, 9.17) is 16.3 Å². The first-order chi connectivity index (χ1) is 7.20. The Balaban J connectivity index is 3.37. The quantitative estimate of drug-likeness (QED) is 0.446. The zero-order valence-corrected chi connectivity index (χ0v) is 9.16. The molecule has 1 amide bonds. The molecule has 0 aliphatic carbocycles. The molecule has 0 aromatic rings. The van der Waals surface area contributed by atoms with Crippen LogP contribution in [0.1, 0.15) is 19.8 Å². The summed E-state index contributed by atoms with van der Waals surface area (Å²) in [6.45, 7) is 3.32. The Hall–Kier alpha value is -1.05. The number of hydrogen-bond donors (Lipinski definition) is 2. The molecule has 0 aliphatic rings. The zero-order valence-electron chi connectivity index (χ0n) is 9.16. The van der Waals surface area contributed by atoms with Crippen molar-refractivity contribution in [2.75, 3.05) is 26.4 Å². The van der Waals surface area contributed by atoms with Crippen molar-refractivity contribution in [3.05, 3.63) is 0 Å². The highest BCUT2D eigenvalue weighted by Gasteiger charge is 2.04. The van der Waals surface area contributed by atoms with Crippen LogP contribution in [0.2, 0.25) is 0 Å². The topological polar surface area (TPSA) is 58.6 Å². The molecule has 0 saturated heterocycles. The molecular formula is C11H19NO3. The third-order valence-electron chi connectivity index (χ3n) is 1.93. The van der Waals surface area contributed by atoms with Gasteiger partial charge in [0.25, 0.3) is 0 Å². The number of rotatable bonds is 8. The number of aliphatic hydroxyl groups excluding tert-OH is 1. The lowest BCUT2D eigenvalue weighted by Crippen LogP contribution is -2.29. The molecular weight excluding hydrogens is 194 g/mol. The molecule has 15 heavy (non-hydrogen) atoms. The monoisotopic (exact) mass is 213 g/mol. The van der Waals surface area contributed by atoms with Crippen molar-refractivity contribution in [2.45, 2.75) is 19.8 Å². The number of aliphatic hydroxyl groups is 1. The van der Waals surface area contributed by atoms with Crippen LogP contribution in [0, 0.1) is 18.3 Å². The van der Waals surface area contributed by atoms with E-state index in [1.807, 2.05) is 6.92 Å². The van der Waals surface area contributed by atoms with Gasteiger partial charge in [0.1, 0.15) is 6.61 Å². The number of amides is 1. The SMILES string of the molecule is C#CCOCCC(=O)NCC(C)CCO. The van der Waals surface area contributed by atoms with E-state index in [-0.39, 0.29) is 19.1 Å². The first-order valence-corrected chi connectivity index (χ1v) is 5.09. The molecule has 0 bridgehead atoms. The van der Waals surface area contributed by atoms with Gasteiger partial charge in [-0.1, -0.05) is 12.8 Å². The van der Waals surface area contributed by atoms with Crippen LogP contribution in [-0.4, -0.2) is 37.4 Å². The smallest absolute Gasteiger partial charge is 0.222 e. The number of terminal acetylenes is 1. The predicted molar refractivity (Wildman–Crippen MR) is 58.1 cm³/mol. The number of carbonyl (C=O) groups excluding carboxylic acids is 1. The maximum absolute atomic E-state index is 11.2. The predicted octanol–water partition coefficient (Wildman–Crippen LogP) is 0.161. The summed E-state index contributed by atoms with van der Waals surface area (Å²) < 4.78 is 4.97. The van der Waals surface area contributed by atoms with Crippen LogP contribution >= 0.6 is 0 Å². The number of carbonyl (C=O) groups is 1. The van der Waals surface area contributed by atoms with Crippen LogP contribution in [-0.2, 0) is 9.53 Å². The molecule has 0 rings (SSSR count). The Labute approximate surface area is 91.0 Å². The Morgan fingerprint density at radius 2 is 2.40 bits per heavy atom. The van der Waals surface area contributed by atoms with Crippen molar-refractivity contribution < 1.29 is 14.6 Å². The molecule has 0 aromatic heterocycles. The highest BCUT2D eigenvalue weighted by Crippen LogP contribution is 1.97. The summed E-state index contributed by atoms with van der Waals surface area (Å²) in [7, 11) is 0. The zero-order chi connectivity index (χ0) is 11.5. The van der Waals surface area contributed by atoms with E-state index in [2.05, 4.69) is 11.2 Å². The lowest BCUT2D eigenvalue weighted by atomic mass is 10.1. The van der Waals surface area contributed by atoms with E-state index >= 15 is 0 Å². The Morgan fingerprint density at radius 3 is 3.00 bits per heavy atom. The molecule has 0 heterocycles. The molecule has 1 unspecified atom stereocenters. The fraction of sp³-hybridized carbons (Fsp3) is 0.727. The summed E-state index contributed by atoms with van der Waals surface area (Å²) in [5, 5.41) is 11.4. The third kappa shape index (κ3) is 9.26. The Morgan fingerprint density at radius 1 is 1.67 bits per heavy atom. The van der Waals surface area contributed by atoms with Crippen LogP contribution in [0.5, 0.6) is 0 Å². The Bertz CT molecular complexity index is 210. The maximum atomic E-state index is 11.2. The highest BCUT2D eigenvalue weighted by molar-refractivity contribution is 5.75. The standard InChI is InChI=1S/C11H19NO3/c1-3-7-15-8-5-11(14)12-9-10(2)4-6-13/h1,10,13H,4-9H2,2H3,(H,12,14). The van der Waals surface area contributed by atoms with Gasteiger partial charge in [-0.05, 0) is 12.3 Å². The molecule has 4 heteroatoms. The fourth-order valence-electron chi connectivity index (χ4n) is 0.995. The van der Waals surface area contributed by atoms with Crippen LogP contribution in [0.4, 0.5) is 0 Å². The van der Waals surface area contributed by atoms with E-state index in [1.54, 1.807) is 0 Å². The van der Waals surface area contributed by atoms with Crippen molar-refractivity contribution in [1.29, 1.82) is 0 Å². The van der Waals surface area contributed by atoms with Gasteiger partial charge in [0, 0.05) is 13.2 Å². The largest absolute Gasteiger partial charge is 0.396 e. The lowest BCUT2D eigenvalue weighted by Gasteiger charge is -2.10. The minimum absolute atomic E-state index is 0.0446. The van der Waals surface area contributed by atoms with E-state index in [1.165, 1.54) is 0 Å². The van der Waals surface area contributed by atoms with Gasteiger partial charge in [0.2, 0.25) is 5.91 Å². The van der Waals surface area contributed by atoms with E-state index < -0.39 is 0 Å². The Kier molecular flexibility index (Phi) is 8.84. The number of ether oxygens (including phenoxy) is 1. The highest BCUT2D eigenvalue weighted by atomic mass is 16.5. The van der Waals surface area contributed by atoms with Gasteiger partial charge in [-0.15, -0.1) is 6.42 Å². The van der Waals surface area contributed by atoms with Crippen molar-refractivity contribution in [1.82, 2.24) is 5.32 Å². The number of hydrogen-bond acceptors (Lipinski definition) is 3. The summed E-state index contributed by atoms with van der Waals surface area (Å²) in [4.78, 5) is 11.2. The van der Waals surface area contributed by atoms with E-state index in [0.29, 0.717) is 31.9 Å². The maximum Gasteiger partial charge on any atom is 0.222 e. The summed E-state index contributed by atoms with van der Waals surface area (Å²) in [6, 6.07) is 0. The summed E-state index contributed by atoms with van der Waals surface area (Å²) >= 11 is 0. The normalized spacial score (nSPS) is 11.8. The molecule has 0 saturated carbocycles. The van der Waals surface area contributed by atoms with Crippen LogP contribution in [0.3, 0.4) is 0 Å². The molecule has 2 N–H and O–H groups in total. The number of nitrogens with one attached hydrogen (secondary N) is 1. The molecule has 0 fully saturated rings. The second-order valence-corrected chi connectivity index (χ2v) is 3.43. The minimum atomic E-state index is -0.0446. The summed E-state index contributed by atoms with van der Waals surface area (Å²) in [6.07, 6.45) is 6.01. The van der Waals surface area contributed by atoms with Crippen molar-refractivity contribution in [2.24, 2.45) is 5.92 Å². The first-order valence-electron chi connectivity index (χ1n) is 5.09. The first kappa shape index (κ1) is 13.9. The van der Waals surface area contributed by atoms with Crippen molar-refractivity contribution in [3.8, 4) is 12.3 Å². The van der Waals surface area contributed by atoms with Gasteiger partial charge in [-0.2, -0.15) is 0 Å². The second-order valence-electron chi connectivity index (χ2n) is 3.43. The fourth-order valence-corrected chi connectivity index (χ4v) is 0.995.